The monoisotopic (exact) mass is 310 g/mol. The molecule has 0 atom stereocenters. The van der Waals surface area contributed by atoms with Gasteiger partial charge in [0.2, 0.25) is 5.91 Å². The second-order valence-corrected chi connectivity index (χ2v) is 6.49. The van der Waals surface area contributed by atoms with Crippen LogP contribution in [0.3, 0.4) is 0 Å². The second kappa shape index (κ2) is 8.12. The third kappa shape index (κ3) is 5.83. The molecule has 2 rings (SSSR count). The number of thiazole rings is 1. The summed E-state index contributed by atoms with van der Waals surface area (Å²) in [5.41, 5.74) is 0.854. The number of carboxylic acids is 1. The molecule has 0 radical (unpaired) electrons. The zero-order chi connectivity index (χ0) is 15.1. The van der Waals surface area contributed by atoms with E-state index < -0.39 is 5.97 Å². The van der Waals surface area contributed by atoms with E-state index in [1.54, 1.807) is 0 Å². The quantitative estimate of drug-likeness (QED) is 0.770. The summed E-state index contributed by atoms with van der Waals surface area (Å²) in [4.78, 5) is 26.6. The average molecular weight is 310 g/mol. The van der Waals surface area contributed by atoms with Gasteiger partial charge >= 0.3 is 5.97 Å². The van der Waals surface area contributed by atoms with Crippen molar-refractivity contribution in [1.29, 1.82) is 0 Å². The van der Waals surface area contributed by atoms with E-state index in [0.717, 1.165) is 18.0 Å². The van der Waals surface area contributed by atoms with Crippen LogP contribution in [0.1, 0.15) is 57.1 Å². The van der Waals surface area contributed by atoms with Gasteiger partial charge in [-0.05, 0) is 25.2 Å². The fraction of sp³-hybridized carbons (Fsp3) is 0.667. The molecule has 6 heteroatoms. The number of nitrogens with one attached hydrogen (secondary N) is 1. The first-order valence-corrected chi connectivity index (χ1v) is 8.47. The predicted octanol–water partition coefficient (Wildman–Crippen LogP) is 3.46. The molecule has 5 nitrogen and oxygen atoms in total. The molecule has 1 aromatic heterocycles. The molecule has 0 spiro atoms. The van der Waals surface area contributed by atoms with E-state index in [-0.39, 0.29) is 12.3 Å². The Balaban J connectivity index is 1.68. The molecule has 1 amide bonds. The summed E-state index contributed by atoms with van der Waals surface area (Å²) in [5.74, 6) is -0.0300. The van der Waals surface area contributed by atoms with Crippen LogP contribution in [0.15, 0.2) is 5.38 Å². The number of carboxylic acid groups (broad SMARTS) is 1. The standard InChI is InChI=1S/C15H22N2O3S/c18-13(9-8-11-4-1-2-5-11)17-15-16-12(10-21-15)6-3-7-14(19)20/h10-11H,1-9H2,(H,19,20)(H,16,17,18). The smallest absolute Gasteiger partial charge is 0.303 e. The maximum atomic E-state index is 11.9. The zero-order valence-corrected chi connectivity index (χ0v) is 13.0. The number of hydrogen-bond donors (Lipinski definition) is 2. The van der Waals surface area contributed by atoms with Gasteiger partial charge < -0.3 is 10.4 Å². The van der Waals surface area contributed by atoms with Crippen LogP contribution in [0, 0.1) is 5.92 Å². The highest BCUT2D eigenvalue weighted by molar-refractivity contribution is 7.13. The normalized spacial score (nSPS) is 15.2. The molecule has 21 heavy (non-hydrogen) atoms. The molecule has 0 aromatic carbocycles. The van der Waals surface area contributed by atoms with E-state index in [2.05, 4.69) is 10.3 Å². The molecular formula is C15H22N2O3S. The number of hydrogen-bond acceptors (Lipinski definition) is 4. The van der Waals surface area contributed by atoms with Crippen molar-refractivity contribution in [3.05, 3.63) is 11.1 Å². The number of rotatable bonds is 8. The lowest BCUT2D eigenvalue weighted by Crippen LogP contribution is -2.12. The van der Waals surface area contributed by atoms with Gasteiger partial charge in [0.1, 0.15) is 0 Å². The third-order valence-electron chi connectivity index (χ3n) is 3.88. The molecule has 1 fully saturated rings. The van der Waals surface area contributed by atoms with E-state index in [1.165, 1.54) is 37.0 Å². The Morgan fingerprint density at radius 1 is 1.33 bits per heavy atom. The van der Waals surface area contributed by atoms with Crippen molar-refractivity contribution in [1.82, 2.24) is 4.98 Å². The van der Waals surface area contributed by atoms with Gasteiger partial charge in [0.25, 0.3) is 0 Å². The minimum Gasteiger partial charge on any atom is -0.481 e. The Morgan fingerprint density at radius 3 is 2.81 bits per heavy atom. The molecular weight excluding hydrogens is 288 g/mol. The van der Waals surface area contributed by atoms with Crippen LogP contribution in [0.5, 0.6) is 0 Å². The number of anilines is 1. The molecule has 0 bridgehead atoms. The van der Waals surface area contributed by atoms with Crippen LogP contribution in [-0.4, -0.2) is 22.0 Å². The minimum absolute atomic E-state index is 0.0355. The SMILES string of the molecule is O=C(O)CCCc1csc(NC(=O)CCC2CCCC2)n1. The van der Waals surface area contributed by atoms with E-state index in [1.807, 2.05) is 5.38 Å². The fourth-order valence-electron chi connectivity index (χ4n) is 2.72. The fourth-order valence-corrected chi connectivity index (χ4v) is 3.48. The highest BCUT2D eigenvalue weighted by Gasteiger charge is 2.16. The molecule has 1 aliphatic rings. The highest BCUT2D eigenvalue weighted by atomic mass is 32.1. The summed E-state index contributed by atoms with van der Waals surface area (Å²) in [7, 11) is 0. The van der Waals surface area contributed by atoms with Crippen LogP contribution in [0.25, 0.3) is 0 Å². The second-order valence-electron chi connectivity index (χ2n) is 5.63. The number of aromatic nitrogens is 1. The van der Waals surface area contributed by atoms with Gasteiger partial charge in [-0.3, -0.25) is 9.59 Å². The summed E-state index contributed by atoms with van der Waals surface area (Å²) in [6.45, 7) is 0. The first kappa shape index (κ1) is 15.9. The van der Waals surface area contributed by atoms with Crippen LogP contribution >= 0.6 is 11.3 Å². The maximum absolute atomic E-state index is 11.9. The largest absolute Gasteiger partial charge is 0.481 e. The molecule has 0 aliphatic heterocycles. The van der Waals surface area contributed by atoms with Crippen molar-refractivity contribution < 1.29 is 14.7 Å². The van der Waals surface area contributed by atoms with Gasteiger partial charge in [0, 0.05) is 18.2 Å². The van der Waals surface area contributed by atoms with Crippen molar-refractivity contribution in [2.75, 3.05) is 5.32 Å². The number of aliphatic carboxylic acids is 1. The average Bonchev–Trinajstić information content (AvgIpc) is 3.08. The maximum Gasteiger partial charge on any atom is 0.303 e. The first-order chi connectivity index (χ1) is 10.1. The Labute approximate surface area is 128 Å². The molecule has 0 unspecified atom stereocenters. The molecule has 2 N–H and O–H groups in total. The van der Waals surface area contributed by atoms with Gasteiger partial charge in [-0.25, -0.2) is 4.98 Å². The van der Waals surface area contributed by atoms with Crippen molar-refractivity contribution >= 4 is 28.3 Å². The summed E-state index contributed by atoms with van der Waals surface area (Å²) < 4.78 is 0. The van der Waals surface area contributed by atoms with Crippen molar-refractivity contribution in [3.63, 3.8) is 0 Å². The van der Waals surface area contributed by atoms with Gasteiger partial charge in [-0.15, -0.1) is 11.3 Å². The van der Waals surface area contributed by atoms with Crippen LogP contribution in [0.4, 0.5) is 5.13 Å². The van der Waals surface area contributed by atoms with E-state index in [0.29, 0.717) is 24.4 Å². The molecule has 116 valence electrons. The van der Waals surface area contributed by atoms with Crippen molar-refractivity contribution in [3.8, 4) is 0 Å². The lowest BCUT2D eigenvalue weighted by Gasteiger charge is -2.07. The van der Waals surface area contributed by atoms with Crippen LogP contribution < -0.4 is 5.32 Å². The number of aryl methyl sites for hydroxylation is 1. The van der Waals surface area contributed by atoms with E-state index >= 15 is 0 Å². The minimum atomic E-state index is -0.786. The number of amides is 1. The first-order valence-electron chi connectivity index (χ1n) is 7.59. The number of nitrogens with zero attached hydrogens (tertiary/aromatic N) is 1. The number of carbonyl (C=O) groups excluding carboxylic acids is 1. The summed E-state index contributed by atoms with van der Waals surface area (Å²) >= 11 is 1.40. The molecule has 1 saturated carbocycles. The summed E-state index contributed by atoms with van der Waals surface area (Å²) in [5, 5.41) is 13.9. The van der Waals surface area contributed by atoms with Gasteiger partial charge in [0.05, 0.1) is 5.69 Å². The molecule has 1 heterocycles. The van der Waals surface area contributed by atoms with Crippen molar-refractivity contribution in [2.45, 2.75) is 57.8 Å². The summed E-state index contributed by atoms with van der Waals surface area (Å²) in [6.07, 6.45) is 8.05. The summed E-state index contributed by atoms with van der Waals surface area (Å²) in [6, 6.07) is 0. The lowest BCUT2D eigenvalue weighted by molar-refractivity contribution is -0.137. The van der Waals surface area contributed by atoms with Crippen LogP contribution in [0.2, 0.25) is 0 Å². The van der Waals surface area contributed by atoms with Crippen LogP contribution in [-0.2, 0) is 16.0 Å². The lowest BCUT2D eigenvalue weighted by atomic mass is 10.0. The third-order valence-corrected chi connectivity index (χ3v) is 4.68. The zero-order valence-electron chi connectivity index (χ0n) is 12.1. The molecule has 0 saturated heterocycles. The highest BCUT2D eigenvalue weighted by Crippen LogP contribution is 2.28. The number of carbonyl (C=O) groups is 2. The topological polar surface area (TPSA) is 79.3 Å². The predicted molar refractivity (Wildman–Crippen MR) is 82.5 cm³/mol. The van der Waals surface area contributed by atoms with Crippen molar-refractivity contribution in [2.24, 2.45) is 5.92 Å². The van der Waals surface area contributed by atoms with E-state index in [9.17, 15) is 9.59 Å². The van der Waals surface area contributed by atoms with Gasteiger partial charge in [-0.1, -0.05) is 25.7 Å². The van der Waals surface area contributed by atoms with Gasteiger partial charge in [0.15, 0.2) is 5.13 Å². The Morgan fingerprint density at radius 2 is 2.10 bits per heavy atom. The van der Waals surface area contributed by atoms with Gasteiger partial charge in [-0.2, -0.15) is 0 Å². The Bertz CT molecular complexity index is 481. The Kier molecular flexibility index (Phi) is 6.17. The molecule has 1 aliphatic carbocycles. The van der Waals surface area contributed by atoms with E-state index in [4.69, 9.17) is 5.11 Å². The Hall–Kier alpha value is -1.43. The molecule has 1 aromatic rings.